The van der Waals surface area contributed by atoms with E-state index < -0.39 is 0 Å². The van der Waals surface area contributed by atoms with Crippen LogP contribution in [0.1, 0.15) is 5.56 Å². The number of rotatable bonds is 1. The van der Waals surface area contributed by atoms with Gasteiger partial charge in [0.2, 0.25) is 5.28 Å². The van der Waals surface area contributed by atoms with Gasteiger partial charge in [0, 0.05) is 22.8 Å². The number of nitrogens with zero attached hydrogens (tertiary/aromatic N) is 4. The third kappa shape index (κ3) is 1.69. The Morgan fingerprint density at radius 1 is 1.28 bits per heavy atom. The number of anilines is 1. The molecular weight excluding hydrogens is 250 g/mol. The summed E-state index contributed by atoms with van der Waals surface area (Å²) in [7, 11) is 0. The first-order valence-corrected chi connectivity index (χ1v) is 5.76. The molecule has 5 nitrogen and oxygen atoms in total. The minimum Gasteiger partial charge on any atom is -0.399 e. The summed E-state index contributed by atoms with van der Waals surface area (Å²) < 4.78 is 1.73. The lowest BCUT2D eigenvalue weighted by atomic mass is 10.2. The van der Waals surface area contributed by atoms with Gasteiger partial charge >= 0.3 is 0 Å². The fourth-order valence-corrected chi connectivity index (χ4v) is 1.98. The molecule has 0 aliphatic rings. The van der Waals surface area contributed by atoms with E-state index in [9.17, 15) is 0 Å². The van der Waals surface area contributed by atoms with Crippen molar-refractivity contribution in [3.05, 3.63) is 41.4 Å². The van der Waals surface area contributed by atoms with Crippen LogP contribution in [0.25, 0.3) is 16.7 Å². The molecule has 0 aliphatic carbocycles. The molecule has 3 aromatic rings. The molecule has 6 heteroatoms. The van der Waals surface area contributed by atoms with Crippen molar-refractivity contribution in [2.75, 3.05) is 5.73 Å². The zero-order valence-electron chi connectivity index (χ0n) is 9.63. The number of aromatic nitrogens is 4. The van der Waals surface area contributed by atoms with Crippen LogP contribution in [0.5, 0.6) is 0 Å². The first-order valence-electron chi connectivity index (χ1n) is 5.38. The standard InChI is InChI=1S/C12H10ClN5/c1-7-5-15-12(13)17-11(7)18-10-3-2-9(14)4-8(10)6-16-18/h2-6H,14H2,1H3. The fourth-order valence-electron chi connectivity index (χ4n) is 1.85. The van der Waals surface area contributed by atoms with Crippen molar-refractivity contribution >= 4 is 28.2 Å². The van der Waals surface area contributed by atoms with Crippen LogP contribution >= 0.6 is 11.6 Å². The van der Waals surface area contributed by atoms with Crippen molar-refractivity contribution in [2.24, 2.45) is 0 Å². The minimum absolute atomic E-state index is 0.203. The van der Waals surface area contributed by atoms with Gasteiger partial charge in [-0.1, -0.05) is 0 Å². The van der Waals surface area contributed by atoms with Crippen molar-refractivity contribution in [3.8, 4) is 5.82 Å². The van der Waals surface area contributed by atoms with Crippen molar-refractivity contribution in [2.45, 2.75) is 6.92 Å². The van der Waals surface area contributed by atoms with E-state index in [-0.39, 0.29) is 5.28 Å². The molecule has 2 heterocycles. The average Bonchev–Trinajstić information content (AvgIpc) is 2.75. The van der Waals surface area contributed by atoms with Crippen LogP contribution in [-0.4, -0.2) is 19.7 Å². The second-order valence-electron chi connectivity index (χ2n) is 4.02. The Bertz CT molecular complexity index is 734. The average molecular weight is 260 g/mol. The number of hydrogen-bond donors (Lipinski definition) is 1. The van der Waals surface area contributed by atoms with Gasteiger partial charge in [-0.15, -0.1) is 0 Å². The molecular formula is C12H10ClN5. The number of nitrogen functional groups attached to an aromatic ring is 1. The number of fused-ring (bicyclic) bond motifs is 1. The van der Waals surface area contributed by atoms with Gasteiger partial charge < -0.3 is 5.73 Å². The van der Waals surface area contributed by atoms with E-state index in [1.165, 1.54) is 0 Å². The van der Waals surface area contributed by atoms with E-state index in [1.54, 1.807) is 17.1 Å². The van der Waals surface area contributed by atoms with E-state index in [0.717, 1.165) is 16.5 Å². The van der Waals surface area contributed by atoms with Gasteiger partial charge in [-0.25, -0.2) is 9.67 Å². The summed E-state index contributed by atoms with van der Waals surface area (Å²) in [5, 5.41) is 5.49. The fraction of sp³-hybridized carbons (Fsp3) is 0.0833. The molecule has 0 saturated carbocycles. The van der Waals surface area contributed by atoms with E-state index >= 15 is 0 Å². The van der Waals surface area contributed by atoms with Gasteiger partial charge in [-0.2, -0.15) is 10.1 Å². The zero-order chi connectivity index (χ0) is 12.7. The summed E-state index contributed by atoms with van der Waals surface area (Å²) in [4.78, 5) is 8.15. The molecule has 0 aliphatic heterocycles. The zero-order valence-corrected chi connectivity index (χ0v) is 10.4. The van der Waals surface area contributed by atoms with Crippen LogP contribution in [-0.2, 0) is 0 Å². The molecule has 0 bridgehead atoms. The largest absolute Gasteiger partial charge is 0.399 e. The predicted octanol–water partition coefficient (Wildman–Crippen LogP) is 2.36. The summed E-state index contributed by atoms with van der Waals surface area (Å²) in [6, 6.07) is 5.61. The Labute approximate surface area is 108 Å². The van der Waals surface area contributed by atoms with E-state index in [2.05, 4.69) is 15.1 Å². The second-order valence-corrected chi connectivity index (χ2v) is 4.36. The predicted molar refractivity (Wildman–Crippen MR) is 70.8 cm³/mol. The molecule has 0 fully saturated rings. The maximum Gasteiger partial charge on any atom is 0.224 e. The lowest BCUT2D eigenvalue weighted by Gasteiger charge is -2.06. The van der Waals surface area contributed by atoms with Gasteiger partial charge in [0.05, 0.1) is 11.7 Å². The van der Waals surface area contributed by atoms with Gasteiger partial charge in [-0.3, -0.25) is 0 Å². The molecule has 2 aromatic heterocycles. The summed E-state index contributed by atoms with van der Waals surface area (Å²) in [5.41, 5.74) is 8.29. The maximum atomic E-state index is 5.83. The van der Waals surface area contributed by atoms with E-state index in [1.807, 2.05) is 25.1 Å². The Kier molecular flexibility index (Phi) is 2.41. The van der Waals surface area contributed by atoms with Crippen LogP contribution in [0.2, 0.25) is 5.28 Å². The highest BCUT2D eigenvalue weighted by Gasteiger charge is 2.10. The van der Waals surface area contributed by atoms with E-state index in [4.69, 9.17) is 17.3 Å². The molecule has 90 valence electrons. The maximum absolute atomic E-state index is 5.83. The Morgan fingerprint density at radius 3 is 2.94 bits per heavy atom. The number of hydrogen-bond acceptors (Lipinski definition) is 4. The third-order valence-corrected chi connectivity index (χ3v) is 2.89. The lowest BCUT2D eigenvalue weighted by Crippen LogP contribution is -2.03. The van der Waals surface area contributed by atoms with Crippen LogP contribution in [0, 0.1) is 6.92 Å². The third-order valence-electron chi connectivity index (χ3n) is 2.71. The lowest BCUT2D eigenvalue weighted by molar-refractivity contribution is 0.854. The summed E-state index contributed by atoms with van der Waals surface area (Å²) in [6.07, 6.45) is 3.43. The van der Waals surface area contributed by atoms with Crippen molar-refractivity contribution in [1.82, 2.24) is 19.7 Å². The molecule has 1 aromatic carbocycles. The van der Waals surface area contributed by atoms with Gasteiger partial charge in [-0.05, 0) is 36.7 Å². The normalized spacial score (nSPS) is 11.0. The van der Waals surface area contributed by atoms with Crippen LogP contribution in [0.3, 0.4) is 0 Å². The molecule has 0 amide bonds. The number of benzene rings is 1. The summed E-state index contributed by atoms with van der Waals surface area (Å²) in [6.45, 7) is 1.91. The summed E-state index contributed by atoms with van der Waals surface area (Å²) >= 11 is 5.83. The monoisotopic (exact) mass is 259 g/mol. The number of nitrogens with two attached hydrogens (primary N) is 1. The molecule has 2 N–H and O–H groups in total. The van der Waals surface area contributed by atoms with Gasteiger partial charge in [0.15, 0.2) is 5.82 Å². The van der Waals surface area contributed by atoms with Crippen LogP contribution < -0.4 is 5.73 Å². The Morgan fingerprint density at radius 2 is 2.11 bits per heavy atom. The molecule has 0 radical (unpaired) electrons. The highest BCUT2D eigenvalue weighted by atomic mass is 35.5. The first kappa shape index (κ1) is 11.0. The van der Waals surface area contributed by atoms with Gasteiger partial charge in [0.1, 0.15) is 0 Å². The van der Waals surface area contributed by atoms with Crippen molar-refractivity contribution < 1.29 is 0 Å². The Hall–Kier alpha value is -2.14. The molecule has 3 rings (SSSR count). The quantitative estimate of drug-likeness (QED) is 0.538. The molecule has 0 unspecified atom stereocenters. The molecule has 0 saturated heterocycles. The van der Waals surface area contributed by atoms with Gasteiger partial charge in [0.25, 0.3) is 0 Å². The number of halogens is 1. The molecule has 0 spiro atoms. The topological polar surface area (TPSA) is 69.6 Å². The smallest absolute Gasteiger partial charge is 0.224 e. The SMILES string of the molecule is Cc1cnc(Cl)nc1-n1ncc2cc(N)ccc21. The highest BCUT2D eigenvalue weighted by Crippen LogP contribution is 2.21. The van der Waals surface area contributed by atoms with Crippen LogP contribution in [0.4, 0.5) is 5.69 Å². The second kappa shape index (κ2) is 3.96. The first-order chi connectivity index (χ1) is 8.65. The Balaban J connectivity index is 2.28. The number of aryl methyl sites for hydroxylation is 1. The van der Waals surface area contributed by atoms with Crippen molar-refractivity contribution in [3.63, 3.8) is 0 Å². The summed E-state index contributed by atoms with van der Waals surface area (Å²) in [5.74, 6) is 0.676. The van der Waals surface area contributed by atoms with Crippen molar-refractivity contribution in [1.29, 1.82) is 0 Å². The van der Waals surface area contributed by atoms with E-state index in [0.29, 0.717) is 11.5 Å². The molecule has 18 heavy (non-hydrogen) atoms. The van der Waals surface area contributed by atoms with Crippen LogP contribution in [0.15, 0.2) is 30.6 Å². The minimum atomic E-state index is 0.203. The molecule has 0 atom stereocenters. The highest BCUT2D eigenvalue weighted by molar-refractivity contribution is 6.28.